The second-order valence-electron chi connectivity index (χ2n) is 13.2. The highest BCUT2D eigenvalue weighted by molar-refractivity contribution is 5.31. The summed E-state index contributed by atoms with van der Waals surface area (Å²) >= 11 is 0. The van der Waals surface area contributed by atoms with Crippen LogP contribution < -0.4 is 14.2 Å². The maximum absolute atomic E-state index is 8.05. The lowest BCUT2D eigenvalue weighted by atomic mass is 9.82. The molecule has 6 atom stereocenters. The lowest BCUT2D eigenvalue weighted by molar-refractivity contribution is 0.259. The monoisotopic (exact) mass is 748 g/mol. The normalized spacial score (nSPS) is 22.6. The molecule has 0 saturated heterocycles. The van der Waals surface area contributed by atoms with Crippen LogP contribution in [0.2, 0.25) is 0 Å². The number of nitriles is 3. The summed E-state index contributed by atoms with van der Waals surface area (Å²) in [4.78, 5) is 0. The summed E-state index contributed by atoms with van der Waals surface area (Å²) in [5.74, 6) is 8.75. The van der Waals surface area contributed by atoms with E-state index in [0.717, 1.165) is 11.8 Å². The molecule has 5 saturated carbocycles. The Balaban J connectivity index is 0.000000329. The molecule has 0 spiro atoms. The van der Waals surface area contributed by atoms with Crippen LogP contribution in [0.3, 0.4) is 0 Å². The number of allylic oxidation sites excluding steroid dienone is 2. The molecule has 6 nitrogen and oxygen atoms in total. The van der Waals surface area contributed by atoms with E-state index in [4.69, 9.17) is 15.8 Å². The predicted octanol–water partition coefficient (Wildman–Crippen LogP) is 14.5. The Hall–Kier alpha value is -4.73. The second-order valence-corrected chi connectivity index (χ2v) is 13.2. The predicted molar refractivity (Wildman–Crippen MR) is 227 cm³/mol. The summed E-state index contributed by atoms with van der Waals surface area (Å²) in [5.41, 5.74) is 3.80. The molecule has 55 heavy (non-hydrogen) atoms. The van der Waals surface area contributed by atoms with Gasteiger partial charge < -0.3 is 14.2 Å². The van der Waals surface area contributed by atoms with E-state index >= 15 is 0 Å². The molecule has 0 N–H and O–H groups in total. The van der Waals surface area contributed by atoms with Gasteiger partial charge in [0, 0.05) is 0 Å². The summed E-state index contributed by atoms with van der Waals surface area (Å²) in [5, 5.41) is 24.1. The highest BCUT2D eigenvalue weighted by Crippen LogP contribution is 2.58. The molecule has 3 aromatic carbocycles. The van der Waals surface area contributed by atoms with Crippen molar-refractivity contribution in [3.8, 4) is 36.0 Å². The van der Waals surface area contributed by atoms with Crippen LogP contribution >= 0.6 is 0 Å². The minimum absolute atomic E-state index is 0.583. The maximum atomic E-state index is 8.05. The number of benzene rings is 3. The fourth-order valence-corrected chi connectivity index (χ4v) is 8.99. The zero-order chi connectivity index (χ0) is 40.7. The molecule has 0 radical (unpaired) electrons. The van der Waals surface area contributed by atoms with E-state index in [1.165, 1.54) is 62.2 Å². The average molecular weight is 748 g/mol. The van der Waals surface area contributed by atoms with Gasteiger partial charge in [-0.3, -0.25) is 0 Å². The Labute approximate surface area is 335 Å². The molecular formula is C49H69N3O3. The topological polar surface area (TPSA) is 99.1 Å². The number of fused-ring (bicyclic) bond motifs is 9. The lowest BCUT2D eigenvalue weighted by Gasteiger charge is -2.23. The van der Waals surface area contributed by atoms with Crippen LogP contribution in [0.15, 0.2) is 102 Å². The minimum atomic E-state index is 0.583. The third-order valence-corrected chi connectivity index (χ3v) is 10.8. The largest absolute Gasteiger partial charge is 0.388 e. The summed E-state index contributed by atoms with van der Waals surface area (Å²) in [6.45, 7) is 16.0. The van der Waals surface area contributed by atoms with Gasteiger partial charge >= 0.3 is 0 Å². The number of hydrogen-bond donors (Lipinski definition) is 0. The van der Waals surface area contributed by atoms with Gasteiger partial charge in [-0.25, -0.2) is 0 Å². The first-order valence-corrected chi connectivity index (χ1v) is 21.2. The molecule has 6 aliphatic carbocycles. The van der Waals surface area contributed by atoms with Crippen LogP contribution in [0.5, 0.6) is 17.2 Å². The van der Waals surface area contributed by atoms with E-state index in [1.54, 1.807) is 93.7 Å². The number of hydrogen-bond acceptors (Lipinski definition) is 6. The van der Waals surface area contributed by atoms with Crippen LogP contribution in [0, 0.1) is 70.1 Å². The first-order chi connectivity index (χ1) is 27.2. The molecule has 5 fully saturated rings. The first kappa shape index (κ1) is 48.3. The second kappa shape index (κ2) is 30.6. The summed E-state index contributed by atoms with van der Waals surface area (Å²) in [6.07, 6.45) is 23.3. The van der Waals surface area contributed by atoms with E-state index < -0.39 is 0 Å². The molecule has 6 heteroatoms. The van der Waals surface area contributed by atoms with Crippen molar-refractivity contribution in [3.63, 3.8) is 0 Å². The number of nitrogens with zero attached hydrogens (tertiary/aromatic N) is 3. The van der Waals surface area contributed by atoms with Gasteiger partial charge in [-0.05, 0) is 143 Å². The van der Waals surface area contributed by atoms with Gasteiger partial charge in [0.1, 0.15) is 17.2 Å². The third-order valence-electron chi connectivity index (χ3n) is 10.8. The number of rotatable bonds is 3. The number of para-hydroxylation sites is 3. The molecule has 9 rings (SSSR count). The van der Waals surface area contributed by atoms with E-state index in [2.05, 4.69) is 14.2 Å². The molecule has 0 aliphatic heterocycles. The van der Waals surface area contributed by atoms with Gasteiger partial charge in [0.05, 0.1) is 0 Å². The van der Waals surface area contributed by atoms with Crippen molar-refractivity contribution in [1.29, 1.82) is 15.8 Å². The fraction of sp³-hybridized carbons (Fsp3) is 0.531. The van der Waals surface area contributed by atoms with Gasteiger partial charge in [-0.1, -0.05) is 128 Å². The zero-order valence-electron chi connectivity index (χ0n) is 35.2. The van der Waals surface area contributed by atoms with Crippen molar-refractivity contribution in [3.05, 3.63) is 102 Å². The zero-order valence-corrected chi connectivity index (χ0v) is 35.2. The summed E-state index contributed by atoms with van der Waals surface area (Å²) < 4.78 is 13.5. The summed E-state index contributed by atoms with van der Waals surface area (Å²) in [6, 6.07) is 26.8. The quantitative estimate of drug-likeness (QED) is 0.195. The van der Waals surface area contributed by atoms with Crippen LogP contribution in [0.1, 0.15) is 132 Å². The molecule has 0 aromatic heterocycles. The van der Waals surface area contributed by atoms with Crippen molar-refractivity contribution < 1.29 is 14.2 Å². The van der Waals surface area contributed by atoms with Crippen molar-refractivity contribution >= 4 is 0 Å². The Morgan fingerprint density at radius 1 is 0.455 bits per heavy atom. The van der Waals surface area contributed by atoms with E-state index in [-0.39, 0.29) is 0 Å². The van der Waals surface area contributed by atoms with Crippen LogP contribution in [-0.4, -0.2) is 0 Å². The third kappa shape index (κ3) is 16.3. The maximum Gasteiger partial charge on any atom is 0.292 e. The molecule has 0 amide bonds. The molecular weight excluding hydrogens is 679 g/mol. The molecule has 4 bridgehead atoms. The van der Waals surface area contributed by atoms with E-state index in [0.29, 0.717) is 17.2 Å². The minimum Gasteiger partial charge on any atom is -0.388 e. The van der Waals surface area contributed by atoms with Crippen molar-refractivity contribution in [2.24, 2.45) is 35.5 Å². The smallest absolute Gasteiger partial charge is 0.292 e. The highest BCUT2D eigenvalue weighted by Gasteiger charge is 2.48. The van der Waals surface area contributed by atoms with Gasteiger partial charge in [-0.2, -0.15) is 0 Å². The summed E-state index contributed by atoms with van der Waals surface area (Å²) in [7, 11) is 0. The first-order valence-electron chi connectivity index (χ1n) is 21.2. The van der Waals surface area contributed by atoms with Gasteiger partial charge in [0.25, 0.3) is 18.8 Å². The van der Waals surface area contributed by atoms with E-state index in [9.17, 15) is 0 Å². The molecule has 3 aromatic rings. The molecule has 6 unspecified atom stereocenters. The van der Waals surface area contributed by atoms with Gasteiger partial charge in [0.15, 0.2) is 0 Å². The molecule has 0 heterocycles. The standard InChI is InChI=1S/C10H16.C10H14.3C7H5NO.4C2H6/c2*1-2-9-7-4-5-8(6-7)10(9)3-1;3*8-6-9-7-4-2-1-3-5-7;4*1-2/h7-10H,1-6H2;7,9H,1-6H2;3*1-5H;4*1-2H3. The van der Waals surface area contributed by atoms with E-state index in [1.807, 2.05) is 121 Å². The van der Waals surface area contributed by atoms with Crippen molar-refractivity contribution in [2.75, 3.05) is 0 Å². The number of ether oxygens (including phenoxy) is 3. The van der Waals surface area contributed by atoms with Crippen LogP contribution in [0.25, 0.3) is 0 Å². The van der Waals surface area contributed by atoms with Crippen LogP contribution in [-0.2, 0) is 0 Å². The van der Waals surface area contributed by atoms with Crippen molar-refractivity contribution in [1.82, 2.24) is 0 Å². The van der Waals surface area contributed by atoms with Crippen LogP contribution in [0.4, 0.5) is 0 Å². The molecule has 298 valence electrons. The Morgan fingerprint density at radius 3 is 1.22 bits per heavy atom. The van der Waals surface area contributed by atoms with Crippen molar-refractivity contribution in [2.45, 2.75) is 132 Å². The Morgan fingerprint density at radius 2 is 0.855 bits per heavy atom. The lowest BCUT2D eigenvalue weighted by Crippen LogP contribution is -2.15. The highest BCUT2D eigenvalue weighted by atomic mass is 16.5. The van der Waals surface area contributed by atoms with Gasteiger partial charge in [0.2, 0.25) is 0 Å². The Kier molecular flexibility index (Phi) is 26.8. The van der Waals surface area contributed by atoms with Gasteiger partial charge in [-0.15, -0.1) is 15.8 Å². The Bertz CT molecular complexity index is 1400. The molecule has 6 aliphatic rings. The fourth-order valence-electron chi connectivity index (χ4n) is 8.99. The average Bonchev–Trinajstić information content (AvgIpc) is 4.13. The SMILES string of the molecule is C1CC2=C3CCC(C3)C2C1.C1CC2C3CCC(C3)C2C1.CC.CC.CC.CC.N#COc1ccccc1.N#COc1ccccc1.N#COc1ccccc1.